The summed E-state index contributed by atoms with van der Waals surface area (Å²) < 4.78 is 16.9. The molecule has 2 heterocycles. The lowest BCUT2D eigenvalue weighted by atomic mass is 10.1. The molecule has 6 heteroatoms. The van der Waals surface area contributed by atoms with E-state index in [1.165, 1.54) is 0 Å². The van der Waals surface area contributed by atoms with Crippen molar-refractivity contribution in [3.05, 3.63) is 58.3 Å². The fraction of sp³-hybridized carbons (Fsp3) is 0.250. The summed E-state index contributed by atoms with van der Waals surface area (Å²) in [5.74, 6) is 1.41. The molecule has 0 spiro atoms. The van der Waals surface area contributed by atoms with Crippen LogP contribution in [0, 0.1) is 6.92 Å². The summed E-state index contributed by atoms with van der Waals surface area (Å²) in [6.45, 7) is 4.84. The van der Waals surface area contributed by atoms with E-state index >= 15 is 0 Å². The summed E-state index contributed by atoms with van der Waals surface area (Å²) in [4.78, 5) is 12.7. The van der Waals surface area contributed by atoms with Crippen LogP contribution in [0.3, 0.4) is 0 Å². The second-order valence-electron chi connectivity index (χ2n) is 6.27. The number of carbonyl (C=O) groups is 1. The highest BCUT2D eigenvalue weighted by Crippen LogP contribution is 2.33. The van der Waals surface area contributed by atoms with Crippen molar-refractivity contribution in [1.82, 2.24) is 5.32 Å². The van der Waals surface area contributed by atoms with E-state index in [1.54, 1.807) is 6.07 Å². The number of amides is 1. The first kappa shape index (κ1) is 16.8. The van der Waals surface area contributed by atoms with Crippen LogP contribution in [0.15, 0.2) is 40.8 Å². The molecule has 2 aromatic carbocycles. The zero-order valence-electron chi connectivity index (χ0n) is 14.5. The minimum Gasteiger partial charge on any atom is -0.486 e. The van der Waals surface area contributed by atoms with Gasteiger partial charge in [-0.05, 0) is 37.6 Å². The third-order valence-corrected chi connectivity index (χ3v) is 4.83. The molecule has 0 saturated heterocycles. The Morgan fingerprint density at radius 2 is 1.92 bits per heavy atom. The highest BCUT2D eigenvalue weighted by Gasteiger charge is 2.22. The normalized spacial score (nSPS) is 14.3. The molecule has 1 aliphatic heterocycles. The van der Waals surface area contributed by atoms with Gasteiger partial charge in [-0.25, -0.2) is 0 Å². The Bertz CT molecular complexity index is 995. The summed E-state index contributed by atoms with van der Waals surface area (Å²) >= 11 is 6.16. The maximum Gasteiger partial charge on any atom is 0.287 e. The SMILES string of the molecule is Cc1c(C(=O)NC(C)c2ccc3c(c2)OCCO3)oc2c(Cl)cccc12. The first-order valence-electron chi connectivity index (χ1n) is 8.42. The third-order valence-electron chi connectivity index (χ3n) is 4.54. The van der Waals surface area contributed by atoms with Gasteiger partial charge in [0.25, 0.3) is 5.91 Å². The number of halogens is 1. The van der Waals surface area contributed by atoms with E-state index in [4.69, 9.17) is 25.5 Å². The van der Waals surface area contributed by atoms with Gasteiger partial charge in [-0.3, -0.25) is 4.79 Å². The van der Waals surface area contributed by atoms with E-state index < -0.39 is 0 Å². The predicted molar refractivity (Wildman–Crippen MR) is 99.3 cm³/mol. The summed E-state index contributed by atoms with van der Waals surface area (Å²) in [6, 6.07) is 10.9. The molecule has 0 radical (unpaired) electrons. The van der Waals surface area contributed by atoms with E-state index in [1.807, 2.05) is 44.2 Å². The van der Waals surface area contributed by atoms with Gasteiger partial charge in [-0.2, -0.15) is 0 Å². The van der Waals surface area contributed by atoms with Gasteiger partial charge in [-0.1, -0.05) is 29.8 Å². The Morgan fingerprint density at radius 1 is 1.15 bits per heavy atom. The number of benzene rings is 2. The molecule has 26 heavy (non-hydrogen) atoms. The monoisotopic (exact) mass is 371 g/mol. The summed E-state index contributed by atoms with van der Waals surface area (Å²) in [5, 5.41) is 4.30. The smallest absolute Gasteiger partial charge is 0.287 e. The number of furan rings is 1. The van der Waals surface area contributed by atoms with Gasteiger partial charge >= 0.3 is 0 Å². The van der Waals surface area contributed by atoms with Gasteiger partial charge in [0.1, 0.15) is 13.2 Å². The molecule has 0 aliphatic carbocycles. The zero-order chi connectivity index (χ0) is 18.3. The van der Waals surface area contributed by atoms with Crippen molar-refractivity contribution in [2.24, 2.45) is 0 Å². The number of para-hydroxylation sites is 1. The molecular formula is C20H18ClNO4. The number of rotatable bonds is 3. The molecule has 0 saturated carbocycles. The second-order valence-corrected chi connectivity index (χ2v) is 6.68. The van der Waals surface area contributed by atoms with E-state index in [9.17, 15) is 4.79 Å². The van der Waals surface area contributed by atoms with Gasteiger partial charge in [0.15, 0.2) is 22.8 Å². The molecule has 1 aliphatic rings. The lowest BCUT2D eigenvalue weighted by Gasteiger charge is -2.21. The Hall–Kier alpha value is -2.66. The number of ether oxygens (including phenoxy) is 2. The second kappa shape index (κ2) is 6.57. The fourth-order valence-electron chi connectivity index (χ4n) is 3.10. The van der Waals surface area contributed by atoms with Crippen LogP contribution in [0.25, 0.3) is 11.0 Å². The van der Waals surface area contributed by atoms with Crippen LogP contribution in [0.1, 0.15) is 34.6 Å². The number of hydrogen-bond donors (Lipinski definition) is 1. The topological polar surface area (TPSA) is 60.7 Å². The zero-order valence-corrected chi connectivity index (χ0v) is 15.2. The molecule has 3 aromatic rings. The Morgan fingerprint density at radius 3 is 2.69 bits per heavy atom. The number of fused-ring (bicyclic) bond motifs is 2. The van der Waals surface area contributed by atoms with Crippen LogP contribution in [-0.4, -0.2) is 19.1 Å². The molecule has 0 fully saturated rings. The van der Waals surface area contributed by atoms with Crippen LogP contribution in [0.4, 0.5) is 0 Å². The van der Waals surface area contributed by atoms with Crippen molar-refractivity contribution in [2.45, 2.75) is 19.9 Å². The first-order chi connectivity index (χ1) is 12.5. The Labute approximate surface area is 155 Å². The largest absolute Gasteiger partial charge is 0.486 e. The molecule has 1 N–H and O–H groups in total. The fourth-order valence-corrected chi connectivity index (χ4v) is 3.31. The third kappa shape index (κ3) is 2.88. The quantitative estimate of drug-likeness (QED) is 0.727. The van der Waals surface area contributed by atoms with E-state index in [2.05, 4.69) is 5.32 Å². The minimum atomic E-state index is -0.280. The highest BCUT2D eigenvalue weighted by molar-refractivity contribution is 6.35. The maximum atomic E-state index is 12.7. The molecule has 0 bridgehead atoms. The number of nitrogens with one attached hydrogen (secondary N) is 1. The summed E-state index contributed by atoms with van der Waals surface area (Å²) in [6.07, 6.45) is 0. The van der Waals surface area contributed by atoms with Crippen LogP contribution >= 0.6 is 11.6 Å². The molecule has 1 aromatic heterocycles. The predicted octanol–water partition coefficient (Wildman–Crippen LogP) is 4.66. The van der Waals surface area contributed by atoms with Crippen molar-refractivity contribution in [2.75, 3.05) is 13.2 Å². The molecule has 5 nitrogen and oxygen atoms in total. The van der Waals surface area contributed by atoms with Crippen LogP contribution < -0.4 is 14.8 Å². The minimum absolute atomic E-state index is 0.221. The van der Waals surface area contributed by atoms with E-state index in [0.717, 1.165) is 22.3 Å². The molecule has 1 atom stereocenters. The lowest BCUT2D eigenvalue weighted by molar-refractivity contribution is 0.0913. The number of hydrogen-bond acceptors (Lipinski definition) is 4. The van der Waals surface area contributed by atoms with Crippen molar-refractivity contribution in [3.8, 4) is 11.5 Å². The highest BCUT2D eigenvalue weighted by atomic mass is 35.5. The Balaban J connectivity index is 1.58. The standard InChI is InChI=1S/C20H18ClNO4/c1-11-14-4-3-5-15(21)19(14)26-18(11)20(23)22-12(2)13-6-7-16-17(10-13)25-9-8-24-16/h3-7,10,12H,8-9H2,1-2H3,(H,22,23). The Kier molecular flexibility index (Phi) is 4.24. The number of carbonyl (C=O) groups excluding carboxylic acids is 1. The van der Waals surface area contributed by atoms with E-state index in [-0.39, 0.29) is 17.7 Å². The van der Waals surface area contributed by atoms with Gasteiger partial charge in [-0.15, -0.1) is 0 Å². The lowest BCUT2D eigenvalue weighted by Crippen LogP contribution is -2.27. The number of aryl methyl sites for hydroxylation is 1. The van der Waals surface area contributed by atoms with Crippen molar-refractivity contribution >= 4 is 28.5 Å². The average Bonchev–Trinajstić information content (AvgIpc) is 2.99. The van der Waals surface area contributed by atoms with Crippen molar-refractivity contribution in [1.29, 1.82) is 0 Å². The molecular weight excluding hydrogens is 354 g/mol. The van der Waals surface area contributed by atoms with Crippen LogP contribution in [0.5, 0.6) is 11.5 Å². The summed E-state index contributed by atoms with van der Waals surface area (Å²) in [5.41, 5.74) is 2.23. The van der Waals surface area contributed by atoms with Gasteiger partial charge in [0.05, 0.1) is 11.1 Å². The van der Waals surface area contributed by atoms with E-state index in [0.29, 0.717) is 29.6 Å². The molecule has 1 unspecified atom stereocenters. The van der Waals surface area contributed by atoms with Crippen molar-refractivity contribution in [3.63, 3.8) is 0 Å². The van der Waals surface area contributed by atoms with Gasteiger partial charge in [0, 0.05) is 10.9 Å². The maximum absolute atomic E-state index is 12.7. The summed E-state index contributed by atoms with van der Waals surface area (Å²) in [7, 11) is 0. The van der Waals surface area contributed by atoms with Crippen molar-refractivity contribution < 1.29 is 18.7 Å². The molecule has 1 amide bonds. The van der Waals surface area contributed by atoms with Gasteiger partial charge < -0.3 is 19.2 Å². The van der Waals surface area contributed by atoms with Crippen LogP contribution in [-0.2, 0) is 0 Å². The average molecular weight is 372 g/mol. The molecule has 4 rings (SSSR count). The first-order valence-corrected chi connectivity index (χ1v) is 8.80. The van der Waals surface area contributed by atoms with Crippen LogP contribution in [0.2, 0.25) is 5.02 Å². The molecule has 134 valence electrons. The van der Waals surface area contributed by atoms with Gasteiger partial charge in [0.2, 0.25) is 0 Å².